The van der Waals surface area contributed by atoms with Crippen LogP contribution in [0.1, 0.15) is 63.1 Å². The Morgan fingerprint density at radius 2 is 2.00 bits per heavy atom. The average molecular weight is 415 g/mol. The first kappa shape index (κ1) is 21.7. The molecular weight excluding hydrogens is 389 g/mol. The van der Waals surface area contributed by atoms with Gasteiger partial charge in [0.1, 0.15) is 0 Å². The number of aromatic nitrogens is 2. The van der Waals surface area contributed by atoms with Crippen molar-refractivity contribution in [3.8, 4) is 11.5 Å². The molecule has 1 heterocycles. The van der Waals surface area contributed by atoms with Crippen LogP contribution in [0.15, 0.2) is 41.2 Å². The van der Waals surface area contributed by atoms with E-state index in [1.807, 2.05) is 18.2 Å². The number of anilines is 1. The lowest BCUT2D eigenvalue weighted by Crippen LogP contribution is -2.31. The molecule has 0 saturated heterocycles. The number of unbranched alkanes of at least 4 members (excludes halogenated alkanes) is 2. The second-order valence-corrected chi connectivity index (χ2v) is 7.55. The molecule has 0 atom stereocenters. The molecule has 160 valence electrons. The van der Waals surface area contributed by atoms with Crippen LogP contribution in [0.25, 0.3) is 11.5 Å². The van der Waals surface area contributed by atoms with E-state index in [2.05, 4.69) is 16.7 Å². The summed E-state index contributed by atoms with van der Waals surface area (Å²) in [4.78, 5) is 29.5. The van der Waals surface area contributed by atoms with Gasteiger partial charge in [0.15, 0.2) is 5.82 Å². The first-order valence-electron chi connectivity index (χ1n) is 10.2. The summed E-state index contributed by atoms with van der Waals surface area (Å²) in [6, 6.07) is 7.27. The lowest BCUT2D eigenvalue weighted by molar-refractivity contribution is -0.137. The molecular formula is C22H26FN3O4. The van der Waals surface area contributed by atoms with Gasteiger partial charge in [-0.25, -0.2) is 4.39 Å². The summed E-state index contributed by atoms with van der Waals surface area (Å²) < 4.78 is 18.4. The summed E-state index contributed by atoms with van der Waals surface area (Å²) in [5.74, 6) is -0.0797. The van der Waals surface area contributed by atoms with E-state index in [1.165, 1.54) is 0 Å². The lowest BCUT2D eigenvalue weighted by Gasteiger charge is -2.23. The highest BCUT2D eigenvalue weighted by molar-refractivity contribution is 5.94. The van der Waals surface area contributed by atoms with Crippen LogP contribution in [0.2, 0.25) is 0 Å². The Hall–Kier alpha value is -3.03. The van der Waals surface area contributed by atoms with Crippen LogP contribution in [0, 0.1) is 0 Å². The number of halogens is 1. The molecule has 1 saturated carbocycles. The summed E-state index contributed by atoms with van der Waals surface area (Å²) in [5.41, 5.74) is 1.37. The van der Waals surface area contributed by atoms with Crippen molar-refractivity contribution in [1.82, 2.24) is 10.1 Å². The summed E-state index contributed by atoms with van der Waals surface area (Å²) in [6.45, 7) is 3.63. The number of rotatable bonds is 12. The van der Waals surface area contributed by atoms with Crippen molar-refractivity contribution in [2.45, 2.75) is 57.3 Å². The van der Waals surface area contributed by atoms with Crippen LogP contribution in [-0.4, -0.2) is 33.7 Å². The highest BCUT2D eigenvalue weighted by Crippen LogP contribution is 2.39. The molecule has 0 unspecified atom stereocenters. The van der Waals surface area contributed by atoms with Crippen molar-refractivity contribution in [3.63, 3.8) is 0 Å². The molecule has 1 aliphatic rings. The van der Waals surface area contributed by atoms with Crippen LogP contribution >= 0.6 is 0 Å². The number of carboxylic acid groups (broad SMARTS) is 1. The number of hydrogen-bond donors (Lipinski definition) is 1. The van der Waals surface area contributed by atoms with Crippen LogP contribution < -0.4 is 4.90 Å². The number of carboxylic acids is 1. The van der Waals surface area contributed by atoms with E-state index in [0.717, 1.165) is 12.8 Å². The quantitative estimate of drug-likeness (QED) is 0.498. The van der Waals surface area contributed by atoms with Gasteiger partial charge in [0.25, 0.3) is 5.89 Å². The number of aliphatic carboxylic acids is 1. The Bertz CT molecular complexity index is 907. The van der Waals surface area contributed by atoms with E-state index < -0.39 is 11.8 Å². The number of carbonyl (C=O) groups is 2. The van der Waals surface area contributed by atoms with Gasteiger partial charge in [-0.05, 0) is 43.9 Å². The van der Waals surface area contributed by atoms with Crippen molar-refractivity contribution in [2.75, 3.05) is 11.4 Å². The number of nitrogens with zero attached hydrogens (tertiary/aromatic N) is 3. The second kappa shape index (κ2) is 10.1. The molecule has 1 aromatic carbocycles. The molecule has 1 aliphatic carbocycles. The summed E-state index contributed by atoms with van der Waals surface area (Å²) in [7, 11) is 0. The molecule has 1 amide bonds. The molecule has 0 radical (unpaired) electrons. The van der Waals surface area contributed by atoms with Crippen LogP contribution in [-0.2, 0) is 9.59 Å². The molecule has 0 bridgehead atoms. The van der Waals surface area contributed by atoms with Crippen molar-refractivity contribution in [3.05, 3.63) is 42.5 Å². The minimum absolute atomic E-state index is 0.0150. The normalized spacial score (nSPS) is 13.2. The second-order valence-electron chi connectivity index (χ2n) is 7.55. The van der Waals surface area contributed by atoms with Gasteiger partial charge in [-0.2, -0.15) is 4.98 Å². The molecule has 7 nitrogen and oxygen atoms in total. The zero-order valence-electron chi connectivity index (χ0n) is 16.8. The monoisotopic (exact) mass is 415 g/mol. The van der Waals surface area contributed by atoms with E-state index in [4.69, 9.17) is 9.63 Å². The van der Waals surface area contributed by atoms with Crippen molar-refractivity contribution in [2.24, 2.45) is 0 Å². The van der Waals surface area contributed by atoms with Gasteiger partial charge in [-0.1, -0.05) is 24.2 Å². The average Bonchev–Trinajstić information content (AvgIpc) is 3.45. The van der Waals surface area contributed by atoms with Gasteiger partial charge in [-0.15, -0.1) is 0 Å². The third kappa shape index (κ3) is 6.23. The highest BCUT2D eigenvalue weighted by Gasteiger charge is 2.29. The highest BCUT2D eigenvalue weighted by atomic mass is 19.1. The van der Waals surface area contributed by atoms with Crippen molar-refractivity contribution in [1.29, 1.82) is 0 Å². The predicted octanol–water partition coefficient (Wildman–Crippen LogP) is 4.86. The minimum atomic E-state index is -0.831. The van der Waals surface area contributed by atoms with Crippen LogP contribution in [0.3, 0.4) is 0 Å². The number of benzene rings is 1. The van der Waals surface area contributed by atoms with Crippen molar-refractivity contribution < 1.29 is 23.6 Å². The van der Waals surface area contributed by atoms with E-state index in [9.17, 15) is 14.0 Å². The predicted molar refractivity (Wildman–Crippen MR) is 110 cm³/mol. The topological polar surface area (TPSA) is 96.5 Å². The zero-order valence-corrected chi connectivity index (χ0v) is 16.8. The van der Waals surface area contributed by atoms with E-state index >= 15 is 0 Å². The standard InChI is InChI=1S/C22H26FN3O4/c1-15(23)9-12-19(27)26(13-4-2-3-8-20(28)29)18-7-5-6-17(14-18)22-24-21(25-30-22)16-10-11-16/h5-7,14,16H,1-4,8-13H2,(H,28,29). The maximum atomic E-state index is 13.1. The van der Waals surface area contributed by atoms with E-state index in [1.54, 1.807) is 11.0 Å². The fourth-order valence-electron chi connectivity index (χ4n) is 3.16. The largest absolute Gasteiger partial charge is 0.481 e. The summed E-state index contributed by atoms with van der Waals surface area (Å²) >= 11 is 0. The Morgan fingerprint density at radius 3 is 2.70 bits per heavy atom. The fourth-order valence-corrected chi connectivity index (χ4v) is 3.16. The fraction of sp³-hybridized carbons (Fsp3) is 0.455. The van der Waals surface area contributed by atoms with Gasteiger partial charge < -0.3 is 14.5 Å². The van der Waals surface area contributed by atoms with Gasteiger partial charge in [0.2, 0.25) is 5.91 Å². The Kier molecular flexibility index (Phi) is 7.32. The molecule has 8 heteroatoms. The maximum absolute atomic E-state index is 13.1. The Balaban J connectivity index is 1.72. The molecule has 1 N–H and O–H groups in total. The number of hydrogen-bond acceptors (Lipinski definition) is 5. The molecule has 1 fully saturated rings. The van der Waals surface area contributed by atoms with Gasteiger partial charge in [-0.3, -0.25) is 9.59 Å². The van der Waals surface area contributed by atoms with Gasteiger partial charge >= 0.3 is 5.97 Å². The van der Waals surface area contributed by atoms with Crippen molar-refractivity contribution >= 4 is 17.6 Å². The van der Waals surface area contributed by atoms with Gasteiger partial charge in [0, 0.05) is 43.0 Å². The first-order valence-corrected chi connectivity index (χ1v) is 10.2. The smallest absolute Gasteiger partial charge is 0.303 e. The van der Waals surface area contributed by atoms with Crippen LogP contribution in [0.5, 0.6) is 0 Å². The summed E-state index contributed by atoms with van der Waals surface area (Å²) in [6.07, 6.45) is 4.11. The minimum Gasteiger partial charge on any atom is -0.481 e. The molecule has 2 aromatic rings. The summed E-state index contributed by atoms with van der Waals surface area (Å²) in [5, 5.41) is 12.8. The Morgan fingerprint density at radius 1 is 1.20 bits per heavy atom. The SMILES string of the molecule is C=C(F)CCC(=O)N(CCCCCC(=O)O)c1cccc(-c2nc(C3CC3)no2)c1. The lowest BCUT2D eigenvalue weighted by atomic mass is 10.1. The number of allylic oxidation sites excluding steroid dienone is 1. The molecule has 30 heavy (non-hydrogen) atoms. The zero-order chi connectivity index (χ0) is 21.5. The third-order valence-corrected chi connectivity index (χ3v) is 4.97. The van der Waals surface area contributed by atoms with E-state index in [0.29, 0.717) is 54.7 Å². The van der Waals surface area contributed by atoms with Gasteiger partial charge in [0.05, 0.1) is 5.83 Å². The van der Waals surface area contributed by atoms with E-state index in [-0.39, 0.29) is 25.2 Å². The number of amides is 1. The maximum Gasteiger partial charge on any atom is 0.303 e. The first-order chi connectivity index (χ1) is 14.4. The molecule has 1 aromatic heterocycles. The molecule has 3 rings (SSSR count). The Labute approximate surface area is 174 Å². The molecule has 0 aliphatic heterocycles. The molecule has 0 spiro atoms. The number of carbonyl (C=O) groups excluding carboxylic acids is 1. The van der Waals surface area contributed by atoms with Crippen LogP contribution in [0.4, 0.5) is 10.1 Å². The third-order valence-electron chi connectivity index (χ3n) is 4.97.